The molecule has 4 heteroatoms. The van der Waals surface area contributed by atoms with E-state index < -0.39 is 0 Å². The van der Waals surface area contributed by atoms with Crippen molar-refractivity contribution in [2.24, 2.45) is 5.73 Å². The van der Waals surface area contributed by atoms with Crippen LogP contribution in [-0.4, -0.2) is 31.1 Å². The lowest BCUT2D eigenvalue weighted by Gasteiger charge is -2.32. The Kier molecular flexibility index (Phi) is 4.59. The molecule has 0 aliphatic carbocycles. The zero-order valence-corrected chi connectivity index (χ0v) is 10.5. The fourth-order valence-electron chi connectivity index (χ4n) is 2.26. The Morgan fingerprint density at radius 1 is 1.53 bits per heavy atom. The normalized spacial score (nSPS) is 21.9. The Labute approximate surface area is 103 Å². The monoisotopic (exact) mass is 238 g/mol. The van der Waals surface area contributed by atoms with E-state index in [1.54, 1.807) is 6.26 Å². The number of nitrogens with zero attached hydrogens (tertiary/aromatic N) is 1. The van der Waals surface area contributed by atoms with Crippen LogP contribution in [0.2, 0.25) is 0 Å². The maximum atomic E-state index is 5.71. The third kappa shape index (κ3) is 3.56. The fraction of sp³-hybridized carbons (Fsp3) is 0.692. The van der Waals surface area contributed by atoms with Gasteiger partial charge >= 0.3 is 0 Å². The number of rotatable bonds is 5. The SMILES string of the molecule is CN1CCCCC1COCc1cc(CN)co1. The maximum Gasteiger partial charge on any atom is 0.129 e. The molecule has 0 amide bonds. The molecule has 1 atom stereocenters. The first-order chi connectivity index (χ1) is 8.29. The molecule has 2 rings (SSSR count). The highest BCUT2D eigenvalue weighted by Crippen LogP contribution is 2.16. The van der Waals surface area contributed by atoms with Crippen molar-refractivity contribution in [3.63, 3.8) is 0 Å². The van der Waals surface area contributed by atoms with Crippen molar-refractivity contribution in [2.75, 3.05) is 20.2 Å². The van der Waals surface area contributed by atoms with Crippen molar-refractivity contribution >= 4 is 0 Å². The standard InChI is InChI=1S/C13H22N2O2/c1-15-5-3-2-4-12(15)9-16-10-13-6-11(7-14)8-17-13/h6,8,12H,2-5,7,9-10,14H2,1H3. The van der Waals surface area contributed by atoms with E-state index in [9.17, 15) is 0 Å². The predicted octanol–water partition coefficient (Wildman–Crippen LogP) is 1.74. The van der Waals surface area contributed by atoms with E-state index in [2.05, 4.69) is 11.9 Å². The summed E-state index contributed by atoms with van der Waals surface area (Å²) in [6, 6.07) is 2.53. The number of likely N-dealkylation sites (tertiary alicyclic amines) is 1. The molecular formula is C13H22N2O2. The lowest BCUT2D eigenvalue weighted by atomic mass is 10.0. The first-order valence-electron chi connectivity index (χ1n) is 6.34. The van der Waals surface area contributed by atoms with Gasteiger partial charge in [-0.2, -0.15) is 0 Å². The summed E-state index contributed by atoms with van der Waals surface area (Å²) in [5.74, 6) is 0.865. The molecule has 1 unspecified atom stereocenters. The molecule has 1 saturated heterocycles. The van der Waals surface area contributed by atoms with Crippen LogP contribution in [-0.2, 0) is 17.9 Å². The molecule has 0 spiro atoms. The van der Waals surface area contributed by atoms with Crippen LogP contribution in [0.4, 0.5) is 0 Å². The molecule has 1 aliphatic heterocycles. The fourth-order valence-corrected chi connectivity index (χ4v) is 2.26. The number of likely N-dealkylation sites (N-methyl/N-ethyl adjacent to an activating group) is 1. The van der Waals surface area contributed by atoms with Crippen LogP contribution in [0.3, 0.4) is 0 Å². The van der Waals surface area contributed by atoms with Crippen molar-refractivity contribution in [1.29, 1.82) is 0 Å². The van der Waals surface area contributed by atoms with E-state index in [1.165, 1.54) is 25.8 Å². The van der Waals surface area contributed by atoms with Gasteiger partial charge in [-0.3, -0.25) is 0 Å². The highest BCUT2D eigenvalue weighted by Gasteiger charge is 2.18. The van der Waals surface area contributed by atoms with Gasteiger partial charge in [0.2, 0.25) is 0 Å². The molecule has 1 aromatic heterocycles. The van der Waals surface area contributed by atoms with Crippen LogP contribution < -0.4 is 5.73 Å². The predicted molar refractivity (Wildman–Crippen MR) is 66.5 cm³/mol. The van der Waals surface area contributed by atoms with Gasteiger partial charge in [0, 0.05) is 18.2 Å². The van der Waals surface area contributed by atoms with Crippen LogP contribution in [0.5, 0.6) is 0 Å². The number of furan rings is 1. The summed E-state index contributed by atoms with van der Waals surface area (Å²) in [5, 5.41) is 0. The van der Waals surface area contributed by atoms with Gasteiger partial charge in [-0.25, -0.2) is 0 Å². The van der Waals surface area contributed by atoms with E-state index in [1.807, 2.05) is 6.07 Å². The lowest BCUT2D eigenvalue weighted by molar-refractivity contribution is 0.0374. The largest absolute Gasteiger partial charge is 0.467 e. The maximum absolute atomic E-state index is 5.71. The molecule has 1 aromatic rings. The van der Waals surface area contributed by atoms with Crippen LogP contribution in [0.25, 0.3) is 0 Å². The Morgan fingerprint density at radius 2 is 2.41 bits per heavy atom. The Morgan fingerprint density at radius 3 is 3.12 bits per heavy atom. The van der Waals surface area contributed by atoms with E-state index >= 15 is 0 Å². The summed E-state index contributed by atoms with van der Waals surface area (Å²) in [6.07, 6.45) is 5.57. The number of hydrogen-bond acceptors (Lipinski definition) is 4. The Bertz CT molecular complexity index is 338. The van der Waals surface area contributed by atoms with Gasteiger partial charge in [-0.15, -0.1) is 0 Å². The zero-order valence-electron chi connectivity index (χ0n) is 10.5. The van der Waals surface area contributed by atoms with Crippen molar-refractivity contribution < 1.29 is 9.15 Å². The molecular weight excluding hydrogens is 216 g/mol. The smallest absolute Gasteiger partial charge is 0.129 e. The molecule has 2 heterocycles. The van der Waals surface area contributed by atoms with Crippen molar-refractivity contribution in [2.45, 2.75) is 38.5 Å². The van der Waals surface area contributed by atoms with Crippen LogP contribution in [0, 0.1) is 0 Å². The Hall–Kier alpha value is -0.840. The molecule has 96 valence electrons. The van der Waals surface area contributed by atoms with E-state index in [-0.39, 0.29) is 0 Å². The van der Waals surface area contributed by atoms with Gasteiger partial charge in [-0.1, -0.05) is 6.42 Å². The molecule has 0 saturated carbocycles. The summed E-state index contributed by atoms with van der Waals surface area (Å²) < 4.78 is 11.1. The average Bonchev–Trinajstić information content (AvgIpc) is 2.80. The summed E-state index contributed by atoms with van der Waals surface area (Å²) in [7, 11) is 2.17. The second-order valence-corrected chi connectivity index (χ2v) is 4.77. The molecule has 2 N–H and O–H groups in total. The quantitative estimate of drug-likeness (QED) is 0.849. The summed E-state index contributed by atoms with van der Waals surface area (Å²) >= 11 is 0. The van der Waals surface area contributed by atoms with Gasteiger partial charge in [0.1, 0.15) is 12.4 Å². The van der Waals surface area contributed by atoms with Gasteiger partial charge in [0.15, 0.2) is 0 Å². The highest BCUT2D eigenvalue weighted by atomic mass is 16.5. The zero-order chi connectivity index (χ0) is 12.1. The summed E-state index contributed by atoms with van der Waals surface area (Å²) in [5.41, 5.74) is 6.55. The highest BCUT2D eigenvalue weighted by molar-refractivity contribution is 5.11. The first-order valence-corrected chi connectivity index (χ1v) is 6.34. The van der Waals surface area contributed by atoms with Crippen molar-refractivity contribution in [3.8, 4) is 0 Å². The minimum Gasteiger partial charge on any atom is -0.467 e. The van der Waals surface area contributed by atoms with Gasteiger partial charge in [0.25, 0.3) is 0 Å². The average molecular weight is 238 g/mol. The summed E-state index contributed by atoms with van der Waals surface area (Å²) in [4.78, 5) is 2.39. The minimum absolute atomic E-state index is 0.523. The molecule has 17 heavy (non-hydrogen) atoms. The molecule has 0 aromatic carbocycles. The van der Waals surface area contributed by atoms with Crippen LogP contribution in [0.15, 0.2) is 16.7 Å². The van der Waals surface area contributed by atoms with E-state index in [0.29, 0.717) is 19.2 Å². The topological polar surface area (TPSA) is 51.6 Å². The molecule has 0 radical (unpaired) electrons. The van der Waals surface area contributed by atoms with E-state index in [0.717, 1.165) is 17.9 Å². The molecule has 4 nitrogen and oxygen atoms in total. The van der Waals surface area contributed by atoms with Crippen molar-refractivity contribution in [1.82, 2.24) is 4.90 Å². The summed E-state index contributed by atoms with van der Waals surface area (Å²) in [6.45, 7) is 3.04. The van der Waals surface area contributed by atoms with Crippen molar-refractivity contribution in [3.05, 3.63) is 23.7 Å². The second kappa shape index (κ2) is 6.19. The molecule has 1 fully saturated rings. The van der Waals surface area contributed by atoms with Gasteiger partial charge in [-0.05, 0) is 32.5 Å². The van der Waals surface area contributed by atoms with Gasteiger partial charge < -0.3 is 19.8 Å². The number of hydrogen-bond donors (Lipinski definition) is 1. The third-order valence-electron chi connectivity index (χ3n) is 3.42. The second-order valence-electron chi connectivity index (χ2n) is 4.77. The lowest BCUT2D eigenvalue weighted by Crippen LogP contribution is -2.39. The third-order valence-corrected chi connectivity index (χ3v) is 3.42. The molecule has 0 bridgehead atoms. The number of piperidine rings is 1. The van der Waals surface area contributed by atoms with Gasteiger partial charge in [0.05, 0.1) is 12.9 Å². The minimum atomic E-state index is 0.523. The van der Waals surface area contributed by atoms with Crippen LogP contribution in [0.1, 0.15) is 30.6 Å². The van der Waals surface area contributed by atoms with E-state index in [4.69, 9.17) is 14.9 Å². The Balaban J connectivity index is 1.71. The molecule has 1 aliphatic rings. The van der Waals surface area contributed by atoms with Crippen LogP contribution >= 0.6 is 0 Å². The number of ether oxygens (including phenoxy) is 1. The number of nitrogens with two attached hydrogens (primary N) is 1. The first kappa shape index (κ1) is 12.6.